The lowest BCUT2D eigenvalue weighted by Gasteiger charge is -2.09. The van der Waals surface area contributed by atoms with E-state index in [0.717, 1.165) is 39.9 Å². The van der Waals surface area contributed by atoms with Gasteiger partial charge < -0.3 is 9.73 Å². The third-order valence-electron chi connectivity index (χ3n) is 4.81. The fraction of sp³-hybridized carbons (Fsp3) is 0.130. The Kier molecular flexibility index (Phi) is 5.16. The second-order valence-electron chi connectivity index (χ2n) is 6.84. The molecule has 3 aromatic rings. The SMILES string of the molecule is Cc1cnccc1C(=O)NC1=CC=C(c2cc(-c3nnco3)ccc2C)CC=C1. The third-order valence-corrected chi connectivity index (χ3v) is 4.81. The van der Waals surface area contributed by atoms with Crippen LogP contribution in [-0.4, -0.2) is 21.1 Å². The molecule has 1 aliphatic rings. The smallest absolute Gasteiger partial charge is 0.256 e. The molecule has 0 aliphatic heterocycles. The number of benzene rings is 1. The molecule has 0 spiro atoms. The maximum absolute atomic E-state index is 12.6. The Balaban J connectivity index is 1.60. The minimum absolute atomic E-state index is 0.146. The predicted molar refractivity (Wildman–Crippen MR) is 111 cm³/mol. The van der Waals surface area contributed by atoms with Crippen molar-refractivity contribution in [1.82, 2.24) is 20.5 Å². The zero-order valence-corrected chi connectivity index (χ0v) is 16.2. The number of nitrogens with one attached hydrogen (secondary N) is 1. The largest absolute Gasteiger partial charge is 0.423 e. The Morgan fingerprint density at radius 3 is 2.83 bits per heavy atom. The maximum atomic E-state index is 12.6. The number of hydrogen-bond acceptors (Lipinski definition) is 5. The summed E-state index contributed by atoms with van der Waals surface area (Å²) in [5.41, 5.74) is 6.48. The number of aromatic nitrogens is 3. The second kappa shape index (κ2) is 8.06. The van der Waals surface area contributed by atoms with E-state index in [-0.39, 0.29) is 5.91 Å². The van der Waals surface area contributed by atoms with Crippen LogP contribution in [0.25, 0.3) is 17.0 Å². The number of amides is 1. The molecule has 1 amide bonds. The molecule has 1 N–H and O–H groups in total. The summed E-state index contributed by atoms with van der Waals surface area (Å²) in [7, 11) is 0. The molecular formula is C23H20N4O2. The van der Waals surface area contributed by atoms with Crippen LogP contribution < -0.4 is 5.32 Å². The van der Waals surface area contributed by atoms with Gasteiger partial charge in [-0.15, -0.1) is 10.2 Å². The van der Waals surface area contributed by atoms with Crippen LogP contribution in [0.1, 0.15) is 33.5 Å². The summed E-state index contributed by atoms with van der Waals surface area (Å²) in [4.78, 5) is 16.6. The predicted octanol–water partition coefficient (Wildman–Crippen LogP) is 4.41. The molecule has 0 bridgehead atoms. The van der Waals surface area contributed by atoms with E-state index in [1.54, 1.807) is 18.5 Å². The first-order valence-electron chi connectivity index (χ1n) is 9.29. The molecule has 0 saturated heterocycles. The molecule has 0 atom stereocenters. The molecule has 6 heteroatoms. The van der Waals surface area contributed by atoms with Gasteiger partial charge in [0.05, 0.1) is 0 Å². The maximum Gasteiger partial charge on any atom is 0.256 e. The van der Waals surface area contributed by atoms with Gasteiger partial charge in [0.15, 0.2) is 0 Å². The molecule has 4 rings (SSSR count). The van der Waals surface area contributed by atoms with Gasteiger partial charge in [0.1, 0.15) is 0 Å². The number of aryl methyl sites for hydroxylation is 2. The molecule has 1 aromatic carbocycles. The lowest BCUT2D eigenvalue weighted by atomic mass is 9.95. The highest BCUT2D eigenvalue weighted by atomic mass is 16.4. The van der Waals surface area contributed by atoms with Crippen molar-refractivity contribution in [3.63, 3.8) is 0 Å². The standard InChI is InChI=1S/C23H20N4O2/c1-15-6-7-18(23-27-25-14-29-23)12-21(15)17-4-3-5-19(9-8-17)26-22(28)20-10-11-24-13-16(20)2/h3,5-14H,4H2,1-2H3,(H,26,28). The van der Waals surface area contributed by atoms with Crippen LogP contribution in [0.4, 0.5) is 0 Å². The van der Waals surface area contributed by atoms with Crippen molar-refractivity contribution in [3.8, 4) is 11.5 Å². The summed E-state index contributed by atoms with van der Waals surface area (Å²) in [5.74, 6) is 0.347. The Labute approximate surface area is 168 Å². The first-order valence-corrected chi connectivity index (χ1v) is 9.29. The first-order chi connectivity index (χ1) is 14.1. The molecule has 0 radical (unpaired) electrons. The van der Waals surface area contributed by atoms with Crippen molar-refractivity contribution in [1.29, 1.82) is 0 Å². The highest BCUT2D eigenvalue weighted by Crippen LogP contribution is 2.29. The van der Waals surface area contributed by atoms with Gasteiger partial charge in [-0.25, -0.2) is 0 Å². The molecule has 0 fully saturated rings. The van der Waals surface area contributed by atoms with Crippen molar-refractivity contribution in [3.05, 3.63) is 95.3 Å². The lowest BCUT2D eigenvalue weighted by Crippen LogP contribution is -2.22. The van der Waals surface area contributed by atoms with Crippen molar-refractivity contribution >= 4 is 11.5 Å². The van der Waals surface area contributed by atoms with E-state index < -0.39 is 0 Å². The van der Waals surface area contributed by atoms with Gasteiger partial charge in [-0.2, -0.15) is 0 Å². The molecule has 0 unspecified atom stereocenters. The minimum Gasteiger partial charge on any atom is -0.423 e. The topological polar surface area (TPSA) is 80.9 Å². The molecule has 29 heavy (non-hydrogen) atoms. The Hall–Kier alpha value is -3.80. The van der Waals surface area contributed by atoms with E-state index in [9.17, 15) is 4.79 Å². The van der Waals surface area contributed by atoms with Gasteiger partial charge in [-0.05, 0) is 72.9 Å². The lowest BCUT2D eigenvalue weighted by molar-refractivity contribution is 0.0966. The van der Waals surface area contributed by atoms with Gasteiger partial charge in [0, 0.05) is 29.2 Å². The number of pyridine rings is 1. The van der Waals surface area contributed by atoms with E-state index >= 15 is 0 Å². The normalized spacial score (nSPS) is 13.4. The fourth-order valence-corrected chi connectivity index (χ4v) is 3.24. The number of carbonyl (C=O) groups excluding carboxylic acids is 1. The second-order valence-corrected chi connectivity index (χ2v) is 6.84. The third kappa shape index (κ3) is 4.06. The fourth-order valence-electron chi connectivity index (χ4n) is 3.24. The van der Waals surface area contributed by atoms with Crippen LogP contribution in [0.15, 0.2) is 77.5 Å². The molecule has 2 aromatic heterocycles. The molecule has 6 nitrogen and oxygen atoms in total. The van der Waals surface area contributed by atoms with Crippen LogP contribution in [0.2, 0.25) is 0 Å². The number of hydrogen-bond donors (Lipinski definition) is 1. The molecule has 144 valence electrons. The van der Waals surface area contributed by atoms with Gasteiger partial charge in [0.2, 0.25) is 12.3 Å². The summed E-state index contributed by atoms with van der Waals surface area (Å²) < 4.78 is 5.32. The summed E-state index contributed by atoms with van der Waals surface area (Å²) in [5, 5.41) is 10.7. The van der Waals surface area contributed by atoms with E-state index in [2.05, 4.69) is 33.5 Å². The highest BCUT2D eigenvalue weighted by molar-refractivity contribution is 5.96. The average molecular weight is 384 g/mol. The summed E-state index contributed by atoms with van der Waals surface area (Å²) >= 11 is 0. The zero-order valence-electron chi connectivity index (χ0n) is 16.2. The zero-order chi connectivity index (χ0) is 20.2. The quantitative estimate of drug-likeness (QED) is 0.721. The van der Waals surface area contributed by atoms with Crippen LogP contribution in [0.3, 0.4) is 0 Å². The molecule has 0 saturated carbocycles. The highest BCUT2D eigenvalue weighted by Gasteiger charge is 2.12. The van der Waals surface area contributed by atoms with Crippen molar-refractivity contribution < 1.29 is 9.21 Å². The van der Waals surface area contributed by atoms with Gasteiger partial charge in [-0.3, -0.25) is 9.78 Å². The van der Waals surface area contributed by atoms with Gasteiger partial charge in [-0.1, -0.05) is 18.2 Å². The Morgan fingerprint density at radius 1 is 1.14 bits per heavy atom. The first kappa shape index (κ1) is 18.6. The van der Waals surface area contributed by atoms with E-state index in [1.807, 2.05) is 43.4 Å². The summed E-state index contributed by atoms with van der Waals surface area (Å²) in [6, 6.07) is 7.79. The van der Waals surface area contributed by atoms with Gasteiger partial charge in [0.25, 0.3) is 5.91 Å². The Bertz CT molecular complexity index is 1140. The summed E-state index contributed by atoms with van der Waals surface area (Å²) in [6.07, 6.45) is 13.3. The van der Waals surface area contributed by atoms with E-state index in [1.165, 1.54) is 6.39 Å². The van der Waals surface area contributed by atoms with Crippen LogP contribution in [0, 0.1) is 13.8 Å². The van der Waals surface area contributed by atoms with Crippen LogP contribution in [-0.2, 0) is 0 Å². The van der Waals surface area contributed by atoms with E-state index in [4.69, 9.17) is 4.42 Å². The number of allylic oxidation sites excluding steroid dienone is 5. The number of nitrogens with zero attached hydrogens (tertiary/aromatic N) is 3. The van der Waals surface area contributed by atoms with Crippen molar-refractivity contribution in [2.75, 3.05) is 0 Å². The molecule has 2 heterocycles. The van der Waals surface area contributed by atoms with Gasteiger partial charge >= 0.3 is 0 Å². The molecular weight excluding hydrogens is 364 g/mol. The van der Waals surface area contributed by atoms with Crippen LogP contribution in [0.5, 0.6) is 0 Å². The number of carbonyl (C=O) groups is 1. The van der Waals surface area contributed by atoms with Crippen molar-refractivity contribution in [2.24, 2.45) is 0 Å². The monoisotopic (exact) mass is 384 g/mol. The Morgan fingerprint density at radius 2 is 2.03 bits per heavy atom. The van der Waals surface area contributed by atoms with Crippen molar-refractivity contribution in [2.45, 2.75) is 20.3 Å². The molecule has 1 aliphatic carbocycles. The average Bonchev–Trinajstić information content (AvgIpc) is 3.16. The number of rotatable bonds is 4. The minimum atomic E-state index is -0.146. The summed E-state index contributed by atoms with van der Waals surface area (Å²) in [6.45, 7) is 3.94. The van der Waals surface area contributed by atoms with Crippen LogP contribution >= 0.6 is 0 Å². The van der Waals surface area contributed by atoms with E-state index in [0.29, 0.717) is 11.5 Å².